The Labute approximate surface area is 157 Å². The second kappa shape index (κ2) is 8.39. The fraction of sp³-hybridized carbons (Fsp3) is 0.632. The van der Waals surface area contributed by atoms with Crippen molar-refractivity contribution in [1.29, 1.82) is 0 Å². The number of benzene rings is 1. The van der Waals surface area contributed by atoms with Gasteiger partial charge in [-0.15, -0.1) is 0 Å². The number of rotatable bonds is 8. The third kappa shape index (κ3) is 4.57. The van der Waals surface area contributed by atoms with Crippen LogP contribution in [-0.4, -0.2) is 57.7 Å². The van der Waals surface area contributed by atoms with Crippen molar-refractivity contribution in [2.75, 3.05) is 36.7 Å². The summed E-state index contributed by atoms with van der Waals surface area (Å²) in [6.07, 6.45) is 1.85. The highest BCUT2D eigenvalue weighted by Crippen LogP contribution is 2.30. The second-order valence-electron chi connectivity index (χ2n) is 7.17. The van der Waals surface area contributed by atoms with Crippen molar-refractivity contribution in [3.63, 3.8) is 0 Å². The summed E-state index contributed by atoms with van der Waals surface area (Å²) in [7, 11) is -3.27. The zero-order chi connectivity index (χ0) is 19.5. The summed E-state index contributed by atoms with van der Waals surface area (Å²) in [6, 6.07) is 5.56. The van der Waals surface area contributed by atoms with Gasteiger partial charge in [-0.3, -0.25) is 14.0 Å². The highest BCUT2D eigenvalue weighted by atomic mass is 32.2. The minimum absolute atomic E-state index is 0.108. The normalized spacial score (nSPS) is 15.4. The number of nitrogens with one attached hydrogen (secondary N) is 1. The minimum atomic E-state index is -3.27. The molecule has 0 saturated heterocycles. The van der Waals surface area contributed by atoms with E-state index in [0.29, 0.717) is 42.7 Å². The lowest BCUT2D eigenvalue weighted by atomic mass is 10.0. The van der Waals surface area contributed by atoms with Gasteiger partial charge in [-0.1, -0.05) is 27.7 Å². The summed E-state index contributed by atoms with van der Waals surface area (Å²) < 4.78 is 25.0. The van der Waals surface area contributed by atoms with Gasteiger partial charge in [-0.05, 0) is 49.2 Å². The maximum atomic E-state index is 12.6. The van der Waals surface area contributed by atoms with Gasteiger partial charge in [0.15, 0.2) is 0 Å². The maximum absolute atomic E-state index is 12.6. The lowest BCUT2D eigenvalue weighted by Crippen LogP contribution is -2.46. The molecule has 0 aromatic heterocycles. The van der Waals surface area contributed by atoms with Gasteiger partial charge >= 0.3 is 0 Å². The monoisotopic (exact) mass is 381 g/mol. The van der Waals surface area contributed by atoms with Crippen LogP contribution in [0.5, 0.6) is 0 Å². The maximum Gasteiger partial charge on any atom is 0.251 e. The van der Waals surface area contributed by atoms with Crippen molar-refractivity contribution in [2.24, 2.45) is 5.92 Å². The number of carbonyl (C=O) groups excluding carboxylic acids is 1. The molecule has 1 aliphatic heterocycles. The van der Waals surface area contributed by atoms with Crippen molar-refractivity contribution in [3.8, 4) is 0 Å². The average Bonchev–Trinajstić information content (AvgIpc) is 3.01. The second-order valence-corrected chi connectivity index (χ2v) is 9.08. The SMILES string of the molecule is CCN(CC)[C@@H](CNC(=O)c1ccc2c(c1)CCN2S(C)(=O)=O)C(C)C. The number of amides is 1. The number of sulfonamides is 1. The molecule has 0 unspecified atom stereocenters. The first-order valence-electron chi connectivity index (χ1n) is 9.31. The Kier molecular flexibility index (Phi) is 6.69. The molecule has 0 fully saturated rings. The largest absolute Gasteiger partial charge is 0.350 e. The smallest absolute Gasteiger partial charge is 0.251 e. The summed E-state index contributed by atoms with van der Waals surface area (Å²) in [6.45, 7) is 11.6. The molecule has 26 heavy (non-hydrogen) atoms. The first-order valence-corrected chi connectivity index (χ1v) is 11.2. The molecule has 1 heterocycles. The fourth-order valence-corrected chi connectivity index (χ4v) is 4.59. The van der Waals surface area contributed by atoms with Crippen molar-refractivity contribution < 1.29 is 13.2 Å². The summed E-state index contributed by atoms with van der Waals surface area (Å²) >= 11 is 0. The lowest BCUT2D eigenvalue weighted by Gasteiger charge is -2.32. The van der Waals surface area contributed by atoms with E-state index in [9.17, 15) is 13.2 Å². The van der Waals surface area contributed by atoms with Gasteiger partial charge in [-0.25, -0.2) is 8.42 Å². The van der Waals surface area contributed by atoms with Crippen LogP contribution >= 0.6 is 0 Å². The van der Waals surface area contributed by atoms with Gasteiger partial charge in [0.25, 0.3) is 5.91 Å². The summed E-state index contributed by atoms with van der Waals surface area (Å²) in [5, 5.41) is 3.05. The van der Waals surface area contributed by atoms with Crippen LogP contribution in [0.1, 0.15) is 43.6 Å². The van der Waals surface area contributed by atoms with Crippen molar-refractivity contribution >= 4 is 21.6 Å². The molecule has 1 amide bonds. The van der Waals surface area contributed by atoms with Crippen LogP contribution in [0.25, 0.3) is 0 Å². The zero-order valence-corrected chi connectivity index (χ0v) is 17.3. The van der Waals surface area contributed by atoms with Crippen LogP contribution in [0.3, 0.4) is 0 Å². The zero-order valence-electron chi connectivity index (χ0n) is 16.4. The molecule has 1 N–H and O–H groups in total. The number of hydrogen-bond acceptors (Lipinski definition) is 4. The number of carbonyl (C=O) groups is 1. The van der Waals surface area contributed by atoms with E-state index in [2.05, 4.69) is 37.9 Å². The first-order chi connectivity index (χ1) is 12.2. The Morgan fingerprint density at radius 3 is 2.46 bits per heavy atom. The molecule has 0 aliphatic carbocycles. The molecule has 1 atom stereocenters. The molecule has 0 radical (unpaired) electrons. The van der Waals surface area contributed by atoms with Crippen molar-refractivity contribution in [3.05, 3.63) is 29.3 Å². The van der Waals surface area contributed by atoms with E-state index in [1.54, 1.807) is 12.1 Å². The van der Waals surface area contributed by atoms with E-state index < -0.39 is 10.0 Å². The third-order valence-corrected chi connectivity index (χ3v) is 6.30. The molecule has 0 bridgehead atoms. The highest BCUT2D eigenvalue weighted by Gasteiger charge is 2.27. The highest BCUT2D eigenvalue weighted by molar-refractivity contribution is 7.92. The van der Waals surface area contributed by atoms with Gasteiger partial charge in [0.1, 0.15) is 0 Å². The van der Waals surface area contributed by atoms with Crippen LogP contribution in [0, 0.1) is 5.92 Å². The molecule has 1 aromatic rings. The topological polar surface area (TPSA) is 69.7 Å². The van der Waals surface area contributed by atoms with Crippen molar-refractivity contribution in [2.45, 2.75) is 40.2 Å². The van der Waals surface area contributed by atoms with Crippen LogP contribution in [0.2, 0.25) is 0 Å². The predicted octanol–water partition coefficient (Wildman–Crippen LogP) is 2.10. The van der Waals surface area contributed by atoms with E-state index in [1.807, 2.05) is 6.07 Å². The molecule has 1 aliphatic rings. The van der Waals surface area contributed by atoms with E-state index >= 15 is 0 Å². The Balaban J connectivity index is 2.09. The summed E-state index contributed by atoms with van der Waals surface area (Å²) in [5.74, 6) is 0.335. The Bertz CT molecular complexity index is 742. The van der Waals surface area contributed by atoms with Crippen LogP contribution in [0.4, 0.5) is 5.69 Å². The Hall–Kier alpha value is -1.60. The Morgan fingerprint density at radius 1 is 1.27 bits per heavy atom. The molecule has 1 aromatic carbocycles. The molecule has 7 heteroatoms. The van der Waals surface area contributed by atoms with Crippen molar-refractivity contribution in [1.82, 2.24) is 10.2 Å². The predicted molar refractivity (Wildman–Crippen MR) is 106 cm³/mol. The molecular weight excluding hydrogens is 350 g/mol. The number of nitrogens with zero attached hydrogens (tertiary/aromatic N) is 2. The first kappa shape index (κ1) is 20.7. The molecule has 6 nitrogen and oxygen atoms in total. The lowest BCUT2D eigenvalue weighted by molar-refractivity contribution is 0.0921. The van der Waals surface area contributed by atoms with Gasteiger partial charge in [-0.2, -0.15) is 0 Å². The summed E-state index contributed by atoms with van der Waals surface area (Å²) in [4.78, 5) is 14.9. The van der Waals surface area contributed by atoms with Crippen LogP contribution in [0.15, 0.2) is 18.2 Å². The van der Waals surface area contributed by atoms with Gasteiger partial charge in [0.2, 0.25) is 10.0 Å². The third-order valence-electron chi connectivity index (χ3n) is 5.12. The minimum Gasteiger partial charge on any atom is -0.350 e. The Morgan fingerprint density at radius 2 is 1.92 bits per heavy atom. The molecule has 0 spiro atoms. The van der Waals surface area contributed by atoms with Crippen LogP contribution < -0.4 is 9.62 Å². The van der Waals surface area contributed by atoms with E-state index in [0.717, 1.165) is 18.7 Å². The number of fused-ring (bicyclic) bond motifs is 1. The molecule has 2 rings (SSSR count). The number of likely N-dealkylation sites (N-methyl/N-ethyl adjacent to an activating group) is 1. The van der Waals surface area contributed by atoms with E-state index in [4.69, 9.17) is 0 Å². The molecule has 0 saturated carbocycles. The van der Waals surface area contributed by atoms with Gasteiger partial charge in [0, 0.05) is 24.7 Å². The fourth-order valence-electron chi connectivity index (χ4n) is 3.64. The van der Waals surface area contributed by atoms with Gasteiger partial charge in [0.05, 0.1) is 11.9 Å². The number of anilines is 1. The van der Waals surface area contributed by atoms with E-state index in [-0.39, 0.29) is 5.91 Å². The van der Waals surface area contributed by atoms with Gasteiger partial charge < -0.3 is 5.32 Å². The average molecular weight is 382 g/mol. The van der Waals surface area contributed by atoms with Crippen LogP contribution in [-0.2, 0) is 16.4 Å². The molecule has 146 valence electrons. The standard InChI is InChI=1S/C19H31N3O3S/c1-6-21(7-2)18(14(3)4)13-20-19(23)16-8-9-17-15(12-16)10-11-22(17)26(5,24)25/h8-9,12,14,18H,6-7,10-11,13H2,1-5H3,(H,20,23)/t18-/m0/s1. The number of hydrogen-bond donors (Lipinski definition) is 1. The quantitative estimate of drug-likeness (QED) is 0.749. The molecular formula is C19H31N3O3S. The van der Waals surface area contributed by atoms with E-state index in [1.165, 1.54) is 10.6 Å². The summed E-state index contributed by atoms with van der Waals surface area (Å²) in [5.41, 5.74) is 2.18.